The number of imidazole rings is 1. The zero-order valence-corrected chi connectivity index (χ0v) is 20.3. The van der Waals surface area contributed by atoms with Crippen molar-refractivity contribution in [2.75, 3.05) is 13.2 Å². The van der Waals surface area contributed by atoms with Gasteiger partial charge in [0.2, 0.25) is 0 Å². The summed E-state index contributed by atoms with van der Waals surface area (Å²) in [6, 6.07) is 20.6. The van der Waals surface area contributed by atoms with Crippen LogP contribution in [0, 0.1) is 13.8 Å². The molecule has 176 valence electrons. The lowest BCUT2D eigenvalue weighted by Gasteiger charge is -2.17. The van der Waals surface area contributed by atoms with Crippen LogP contribution in [0.15, 0.2) is 66.7 Å². The molecule has 1 amide bonds. The maximum Gasteiger partial charge on any atom is 0.258 e. The fourth-order valence-corrected chi connectivity index (χ4v) is 3.87. The lowest BCUT2D eigenvalue weighted by Crippen LogP contribution is -2.33. The molecular weight excluding hydrogens is 450 g/mol. The summed E-state index contributed by atoms with van der Waals surface area (Å²) < 4.78 is 13.7. The number of rotatable bonds is 9. The molecule has 0 bridgehead atoms. The first-order chi connectivity index (χ1) is 16.4. The van der Waals surface area contributed by atoms with Crippen LogP contribution in [-0.4, -0.2) is 28.7 Å². The third-order valence-electron chi connectivity index (χ3n) is 5.69. The normalized spacial score (nSPS) is 11.9. The maximum absolute atomic E-state index is 12.5. The van der Waals surface area contributed by atoms with Crippen molar-refractivity contribution in [2.24, 2.45) is 0 Å². The Morgan fingerprint density at radius 3 is 2.50 bits per heavy atom. The number of halogens is 1. The molecule has 4 rings (SSSR count). The first kappa shape index (κ1) is 23.6. The van der Waals surface area contributed by atoms with Gasteiger partial charge in [-0.1, -0.05) is 29.8 Å². The Morgan fingerprint density at radius 2 is 1.74 bits per heavy atom. The molecule has 6 nitrogen and oxygen atoms in total. The van der Waals surface area contributed by atoms with Crippen molar-refractivity contribution in [3.8, 4) is 11.5 Å². The van der Waals surface area contributed by atoms with Crippen molar-refractivity contribution in [3.63, 3.8) is 0 Å². The molecule has 0 spiro atoms. The third-order valence-corrected chi connectivity index (χ3v) is 5.95. The highest BCUT2D eigenvalue weighted by Crippen LogP contribution is 2.22. The molecule has 7 heteroatoms. The standard InChI is InChI=1S/C27H28ClN3O3/c1-18-8-11-23(16-19(18)2)33-15-14-31-25-7-5-4-6-24(25)30-27(31)20(3)29-26(32)17-34-22-12-9-21(28)10-13-22/h4-13,16,20H,14-15,17H2,1-3H3,(H,29,32). The number of hydrogen-bond acceptors (Lipinski definition) is 4. The van der Waals surface area contributed by atoms with E-state index in [1.54, 1.807) is 24.3 Å². The number of ether oxygens (including phenoxy) is 2. The monoisotopic (exact) mass is 477 g/mol. The molecule has 0 aliphatic rings. The summed E-state index contributed by atoms with van der Waals surface area (Å²) in [6.45, 7) is 7.06. The summed E-state index contributed by atoms with van der Waals surface area (Å²) in [5, 5.41) is 3.60. The average Bonchev–Trinajstić information content (AvgIpc) is 3.20. The fraction of sp³-hybridized carbons (Fsp3) is 0.259. The van der Waals surface area contributed by atoms with Gasteiger partial charge in [0.1, 0.15) is 23.9 Å². The predicted octanol–water partition coefficient (Wildman–Crippen LogP) is 5.64. The zero-order chi connectivity index (χ0) is 24.1. The molecule has 1 atom stereocenters. The van der Waals surface area contributed by atoms with Crippen molar-refractivity contribution in [3.05, 3.63) is 88.7 Å². The number of nitrogens with zero attached hydrogens (tertiary/aromatic N) is 2. The summed E-state index contributed by atoms with van der Waals surface area (Å²) in [5.41, 5.74) is 4.31. The molecule has 3 aromatic carbocycles. The van der Waals surface area contributed by atoms with Crippen LogP contribution in [0.1, 0.15) is 29.9 Å². The van der Waals surface area contributed by atoms with Crippen LogP contribution in [-0.2, 0) is 11.3 Å². The summed E-state index contributed by atoms with van der Waals surface area (Å²) in [4.78, 5) is 17.3. The number of carbonyl (C=O) groups is 1. The number of carbonyl (C=O) groups excluding carboxylic acids is 1. The molecular formula is C27H28ClN3O3. The molecule has 4 aromatic rings. The highest BCUT2D eigenvalue weighted by molar-refractivity contribution is 6.30. The van der Waals surface area contributed by atoms with E-state index in [1.165, 1.54) is 11.1 Å². The van der Waals surface area contributed by atoms with Gasteiger partial charge in [-0.3, -0.25) is 4.79 Å². The Labute approximate surface area is 204 Å². The lowest BCUT2D eigenvalue weighted by atomic mass is 10.1. The molecule has 34 heavy (non-hydrogen) atoms. The van der Waals surface area contributed by atoms with Gasteiger partial charge < -0.3 is 19.4 Å². The van der Waals surface area contributed by atoms with Gasteiger partial charge in [-0.2, -0.15) is 0 Å². The van der Waals surface area contributed by atoms with Gasteiger partial charge in [0.25, 0.3) is 5.91 Å². The Morgan fingerprint density at radius 1 is 1.00 bits per heavy atom. The Balaban J connectivity index is 1.43. The van der Waals surface area contributed by atoms with E-state index in [-0.39, 0.29) is 18.6 Å². The maximum atomic E-state index is 12.5. The van der Waals surface area contributed by atoms with E-state index in [0.717, 1.165) is 22.6 Å². The Kier molecular flexibility index (Phi) is 7.38. The molecule has 0 saturated heterocycles. The van der Waals surface area contributed by atoms with E-state index in [0.29, 0.717) is 23.9 Å². The number of benzene rings is 3. The van der Waals surface area contributed by atoms with Crippen LogP contribution in [0.25, 0.3) is 11.0 Å². The lowest BCUT2D eigenvalue weighted by molar-refractivity contribution is -0.123. The van der Waals surface area contributed by atoms with Gasteiger partial charge in [-0.25, -0.2) is 4.98 Å². The van der Waals surface area contributed by atoms with Crippen molar-refractivity contribution >= 4 is 28.5 Å². The van der Waals surface area contributed by atoms with Gasteiger partial charge in [-0.15, -0.1) is 0 Å². The molecule has 1 aromatic heterocycles. The summed E-state index contributed by atoms with van der Waals surface area (Å²) >= 11 is 5.89. The van der Waals surface area contributed by atoms with Gasteiger partial charge in [0, 0.05) is 5.02 Å². The molecule has 0 saturated carbocycles. The topological polar surface area (TPSA) is 65.4 Å². The van der Waals surface area contributed by atoms with Crippen molar-refractivity contribution in [1.82, 2.24) is 14.9 Å². The molecule has 1 unspecified atom stereocenters. The van der Waals surface area contributed by atoms with Crippen molar-refractivity contribution in [2.45, 2.75) is 33.4 Å². The van der Waals surface area contributed by atoms with Crippen molar-refractivity contribution < 1.29 is 14.3 Å². The first-order valence-corrected chi connectivity index (χ1v) is 11.6. The van der Waals surface area contributed by atoms with E-state index in [9.17, 15) is 4.79 Å². The SMILES string of the molecule is Cc1ccc(OCCn2c(C(C)NC(=O)COc3ccc(Cl)cc3)nc3ccccc32)cc1C. The molecule has 0 aliphatic heterocycles. The van der Waals surface area contributed by atoms with Crippen LogP contribution in [0.4, 0.5) is 0 Å². The second kappa shape index (κ2) is 10.6. The van der Waals surface area contributed by atoms with E-state index in [1.807, 2.05) is 43.3 Å². The Bertz CT molecular complexity index is 1280. The van der Waals surface area contributed by atoms with Crippen LogP contribution in [0.3, 0.4) is 0 Å². The fourth-order valence-electron chi connectivity index (χ4n) is 3.75. The minimum Gasteiger partial charge on any atom is -0.492 e. The highest BCUT2D eigenvalue weighted by atomic mass is 35.5. The largest absolute Gasteiger partial charge is 0.492 e. The smallest absolute Gasteiger partial charge is 0.258 e. The summed E-state index contributed by atoms with van der Waals surface area (Å²) in [6.07, 6.45) is 0. The molecule has 1 heterocycles. The van der Waals surface area contributed by atoms with Crippen LogP contribution >= 0.6 is 11.6 Å². The summed E-state index contributed by atoms with van der Waals surface area (Å²) in [5.74, 6) is 1.97. The number of aryl methyl sites for hydroxylation is 2. The second-order valence-corrected chi connectivity index (χ2v) is 8.67. The highest BCUT2D eigenvalue weighted by Gasteiger charge is 2.19. The third kappa shape index (κ3) is 5.69. The predicted molar refractivity (Wildman–Crippen MR) is 135 cm³/mol. The minimum absolute atomic E-state index is 0.0952. The van der Waals surface area contributed by atoms with Crippen LogP contribution < -0.4 is 14.8 Å². The first-order valence-electron chi connectivity index (χ1n) is 11.2. The average molecular weight is 478 g/mol. The zero-order valence-electron chi connectivity index (χ0n) is 19.5. The second-order valence-electron chi connectivity index (χ2n) is 8.24. The van der Waals surface area contributed by atoms with Gasteiger partial charge in [0.05, 0.1) is 23.6 Å². The van der Waals surface area contributed by atoms with Gasteiger partial charge in [0.15, 0.2) is 6.61 Å². The van der Waals surface area contributed by atoms with E-state index >= 15 is 0 Å². The molecule has 1 N–H and O–H groups in total. The van der Waals surface area contributed by atoms with Gasteiger partial charge >= 0.3 is 0 Å². The number of nitrogens with one attached hydrogen (secondary N) is 1. The number of aromatic nitrogens is 2. The number of para-hydroxylation sites is 2. The van der Waals surface area contributed by atoms with Crippen LogP contribution in [0.2, 0.25) is 5.02 Å². The van der Waals surface area contributed by atoms with E-state index in [4.69, 9.17) is 26.1 Å². The van der Waals surface area contributed by atoms with E-state index < -0.39 is 0 Å². The number of hydrogen-bond donors (Lipinski definition) is 1. The molecule has 0 fully saturated rings. The summed E-state index contributed by atoms with van der Waals surface area (Å²) in [7, 11) is 0. The molecule has 0 aliphatic carbocycles. The quantitative estimate of drug-likeness (QED) is 0.338. The van der Waals surface area contributed by atoms with Gasteiger partial charge in [-0.05, 0) is 80.4 Å². The number of fused-ring (bicyclic) bond motifs is 1. The van der Waals surface area contributed by atoms with Crippen LogP contribution in [0.5, 0.6) is 11.5 Å². The number of amides is 1. The minimum atomic E-state index is -0.310. The van der Waals surface area contributed by atoms with E-state index in [2.05, 4.69) is 29.8 Å². The Hall–Kier alpha value is -3.51. The van der Waals surface area contributed by atoms with Crippen molar-refractivity contribution in [1.29, 1.82) is 0 Å². The molecule has 0 radical (unpaired) electrons.